The smallest absolute Gasteiger partial charge is 0.298 e. The van der Waals surface area contributed by atoms with E-state index in [1.165, 1.54) is 4.68 Å². The van der Waals surface area contributed by atoms with E-state index >= 15 is 0 Å². The van der Waals surface area contributed by atoms with Crippen LogP contribution in [0.25, 0.3) is 5.69 Å². The van der Waals surface area contributed by atoms with Gasteiger partial charge in [0.1, 0.15) is 5.75 Å². The Morgan fingerprint density at radius 1 is 1.31 bits per heavy atom. The summed E-state index contributed by atoms with van der Waals surface area (Å²) in [5.74, 6) is -0.0939. The molecule has 0 aliphatic carbocycles. The second-order valence-electron chi connectivity index (χ2n) is 6.49. The highest BCUT2D eigenvalue weighted by Crippen LogP contribution is 2.29. The molecular formula is C21H23N3O4S. The molecule has 0 saturated carbocycles. The van der Waals surface area contributed by atoms with Crippen LogP contribution in [0.3, 0.4) is 0 Å². The summed E-state index contributed by atoms with van der Waals surface area (Å²) in [5, 5.41) is 18.7. The minimum atomic E-state index is -0.587. The van der Waals surface area contributed by atoms with E-state index in [9.17, 15) is 9.90 Å². The number of aromatic nitrogens is 2. The predicted molar refractivity (Wildman–Crippen MR) is 109 cm³/mol. The summed E-state index contributed by atoms with van der Waals surface area (Å²) in [7, 11) is 1.58. The second-order valence-corrected chi connectivity index (χ2v) is 7.82. The van der Waals surface area contributed by atoms with Gasteiger partial charge < -0.3 is 19.7 Å². The van der Waals surface area contributed by atoms with Crippen LogP contribution in [0.2, 0.25) is 0 Å². The summed E-state index contributed by atoms with van der Waals surface area (Å²) in [6.07, 6.45) is 0.812. The first-order valence-electron chi connectivity index (χ1n) is 9.24. The van der Waals surface area contributed by atoms with E-state index in [2.05, 4.69) is 10.6 Å². The number of carbonyl (C=O) groups is 1. The average molecular weight is 413 g/mol. The van der Waals surface area contributed by atoms with Crippen molar-refractivity contribution >= 4 is 23.4 Å². The van der Waals surface area contributed by atoms with Gasteiger partial charge in [0.05, 0.1) is 17.6 Å². The monoisotopic (exact) mass is 413 g/mol. The summed E-state index contributed by atoms with van der Waals surface area (Å²) in [4.78, 5) is 12.8. The van der Waals surface area contributed by atoms with Crippen LogP contribution in [0, 0.1) is 6.92 Å². The first-order chi connectivity index (χ1) is 13.9. The van der Waals surface area contributed by atoms with Crippen molar-refractivity contribution in [3.05, 3.63) is 53.6 Å². The van der Waals surface area contributed by atoms with Crippen molar-refractivity contribution in [2.45, 2.75) is 37.5 Å². The molecule has 1 atom stereocenters. The standard InChI is InChI=1S/C21H23N3O4S/c1-5-15-8-6-7-13(2)18(15)22-19(25)14(3)29-20-21(26)28-23-24(20)16-9-11-17(27-4)12-10-16/h6-12,14H,5H2,1-4H3,(H-,22,23,25,26). The third-order valence-corrected chi connectivity index (χ3v) is 5.67. The van der Waals surface area contributed by atoms with Crippen molar-refractivity contribution in [1.82, 2.24) is 5.27 Å². The molecule has 8 heteroatoms. The number of thioether (sulfide) groups is 1. The number of para-hydroxylation sites is 1. The molecule has 0 aliphatic heterocycles. The quantitative estimate of drug-likeness (QED) is 0.473. The summed E-state index contributed by atoms with van der Waals surface area (Å²) >= 11 is 1.11. The van der Waals surface area contributed by atoms with Gasteiger partial charge >= 0.3 is 0 Å². The Labute approximate surface area is 173 Å². The van der Waals surface area contributed by atoms with E-state index in [4.69, 9.17) is 9.26 Å². The molecule has 2 aromatic carbocycles. The number of amides is 1. The minimum Gasteiger partial charge on any atom is -0.538 e. The van der Waals surface area contributed by atoms with E-state index < -0.39 is 11.2 Å². The predicted octanol–water partition coefficient (Wildman–Crippen LogP) is 3.02. The van der Waals surface area contributed by atoms with Crippen molar-refractivity contribution in [1.29, 1.82) is 0 Å². The Kier molecular flexibility index (Phi) is 6.43. The molecule has 1 N–H and O–H groups in total. The fourth-order valence-corrected chi connectivity index (χ4v) is 3.75. The van der Waals surface area contributed by atoms with Crippen molar-refractivity contribution in [2.75, 3.05) is 12.4 Å². The summed E-state index contributed by atoms with van der Waals surface area (Å²) < 4.78 is 11.4. The van der Waals surface area contributed by atoms with Gasteiger partial charge in [-0.1, -0.05) is 25.1 Å². The summed E-state index contributed by atoms with van der Waals surface area (Å²) in [6, 6.07) is 13.0. The highest BCUT2D eigenvalue weighted by Gasteiger charge is 2.27. The van der Waals surface area contributed by atoms with Crippen LogP contribution in [-0.4, -0.2) is 23.5 Å². The molecular weight excluding hydrogens is 390 g/mol. The lowest BCUT2D eigenvalue weighted by Gasteiger charge is -2.15. The fraction of sp³-hybridized carbons (Fsp3) is 0.286. The SMILES string of the molecule is CCc1cccc(C)c1NC(=O)C(C)Sc1c([O-])on[n+]1-c1ccc(OC)cc1. The van der Waals surface area contributed by atoms with Crippen LogP contribution in [0.4, 0.5) is 5.69 Å². The summed E-state index contributed by atoms with van der Waals surface area (Å²) in [6.45, 7) is 5.75. The van der Waals surface area contributed by atoms with Crippen molar-refractivity contribution in [3.63, 3.8) is 0 Å². The van der Waals surface area contributed by atoms with Gasteiger partial charge in [-0.05, 0) is 60.0 Å². The number of hydrogen-bond acceptors (Lipinski definition) is 6. The van der Waals surface area contributed by atoms with E-state index in [-0.39, 0.29) is 10.9 Å². The van der Waals surface area contributed by atoms with Crippen LogP contribution >= 0.6 is 11.8 Å². The molecule has 3 rings (SSSR count). The Morgan fingerprint density at radius 2 is 2.03 bits per heavy atom. The zero-order valence-corrected chi connectivity index (χ0v) is 17.6. The highest BCUT2D eigenvalue weighted by atomic mass is 32.2. The maximum absolute atomic E-state index is 12.8. The minimum absolute atomic E-state index is 0.194. The number of rotatable bonds is 7. The number of aryl methyl sites for hydroxylation is 2. The molecule has 0 bridgehead atoms. The molecule has 1 unspecified atom stereocenters. The number of nitrogens with one attached hydrogen (secondary N) is 1. The second kappa shape index (κ2) is 9.00. The molecule has 0 fully saturated rings. The first-order valence-corrected chi connectivity index (χ1v) is 10.1. The van der Waals surface area contributed by atoms with Crippen LogP contribution in [0.1, 0.15) is 25.0 Å². The highest BCUT2D eigenvalue weighted by molar-refractivity contribution is 8.00. The largest absolute Gasteiger partial charge is 0.538 e. The van der Waals surface area contributed by atoms with Gasteiger partial charge in [-0.25, -0.2) is 0 Å². The molecule has 0 saturated heterocycles. The van der Waals surface area contributed by atoms with Crippen LogP contribution in [-0.2, 0) is 11.2 Å². The van der Waals surface area contributed by atoms with Gasteiger partial charge in [-0.2, -0.15) is 0 Å². The van der Waals surface area contributed by atoms with E-state index in [1.54, 1.807) is 38.3 Å². The van der Waals surface area contributed by atoms with Gasteiger partial charge in [0.25, 0.3) is 5.03 Å². The van der Waals surface area contributed by atoms with Crippen molar-refractivity contribution in [2.24, 2.45) is 0 Å². The van der Waals surface area contributed by atoms with Crippen LogP contribution in [0.5, 0.6) is 11.7 Å². The number of nitrogens with zero attached hydrogens (tertiary/aromatic N) is 2. The zero-order valence-electron chi connectivity index (χ0n) is 16.8. The van der Waals surface area contributed by atoms with Gasteiger partial charge in [0.2, 0.25) is 11.6 Å². The lowest BCUT2D eigenvalue weighted by Crippen LogP contribution is -2.36. The van der Waals surface area contributed by atoms with Crippen LogP contribution in [0.15, 0.2) is 52.0 Å². The number of hydrogen-bond donors (Lipinski definition) is 1. The molecule has 3 aromatic rings. The van der Waals surface area contributed by atoms with E-state index in [1.807, 2.05) is 32.0 Å². The normalized spacial score (nSPS) is 11.9. The zero-order chi connectivity index (χ0) is 21.0. The van der Waals surface area contributed by atoms with E-state index in [0.717, 1.165) is 35.0 Å². The van der Waals surface area contributed by atoms with Gasteiger partial charge in [-0.15, -0.1) is 0 Å². The fourth-order valence-electron chi connectivity index (χ4n) is 2.87. The Hall–Kier alpha value is -3.00. The van der Waals surface area contributed by atoms with Crippen molar-refractivity contribution < 1.29 is 23.8 Å². The van der Waals surface area contributed by atoms with E-state index in [0.29, 0.717) is 11.4 Å². The Balaban J connectivity index is 1.80. The first kappa shape index (κ1) is 20.7. The number of carbonyl (C=O) groups excluding carboxylic acids is 1. The van der Waals surface area contributed by atoms with Gasteiger partial charge in [0, 0.05) is 17.8 Å². The topological polar surface area (TPSA) is 91.3 Å². The molecule has 1 aromatic heterocycles. The third-order valence-electron chi connectivity index (χ3n) is 4.54. The Bertz CT molecular complexity index is 1000. The maximum Gasteiger partial charge on any atom is 0.298 e. The lowest BCUT2D eigenvalue weighted by atomic mass is 10.1. The van der Waals surface area contributed by atoms with Gasteiger partial charge in [-0.3, -0.25) is 4.79 Å². The number of methoxy groups -OCH3 is 1. The molecule has 0 spiro atoms. The number of ether oxygens (including phenoxy) is 1. The molecule has 152 valence electrons. The lowest BCUT2D eigenvalue weighted by molar-refractivity contribution is -0.705. The molecule has 0 radical (unpaired) electrons. The Morgan fingerprint density at radius 3 is 2.69 bits per heavy atom. The molecule has 1 heterocycles. The summed E-state index contributed by atoms with van der Waals surface area (Å²) in [5.41, 5.74) is 3.53. The maximum atomic E-state index is 12.8. The number of benzene rings is 2. The molecule has 1 amide bonds. The third kappa shape index (κ3) is 4.54. The molecule has 7 nitrogen and oxygen atoms in total. The molecule has 0 aliphatic rings. The van der Waals surface area contributed by atoms with Crippen LogP contribution < -0.4 is 19.8 Å². The van der Waals surface area contributed by atoms with Crippen molar-refractivity contribution in [3.8, 4) is 17.4 Å². The number of anilines is 1. The average Bonchev–Trinajstić information content (AvgIpc) is 3.09. The molecule has 29 heavy (non-hydrogen) atoms. The van der Waals surface area contributed by atoms with Gasteiger partial charge in [0.15, 0.2) is 5.95 Å².